The van der Waals surface area contributed by atoms with Crippen LogP contribution in [0.15, 0.2) is 41.1 Å². The average Bonchev–Trinajstić information content (AvgIpc) is 2.59. The molecule has 0 bridgehead atoms. The number of halogens is 1. The summed E-state index contributed by atoms with van der Waals surface area (Å²) in [7, 11) is -1.92. The Morgan fingerprint density at radius 2 is 2.00 bits per heavy atom. The second-order valence-corrected chi connectivity index (χ2v) is 9.43. The van der Waals surface area contributed by atoms with E-state index in [-0.39, 0.29) is 22.7 Å². The highest BCUT2D eigenvalue weighted by Gasteiger charge is 2.25. The number of nitrogens with zero attached hydrogens (tertiary/aromatic N) is 1. The van der Waals surface area contributed by atoms with Gasteiger partial charge in [-0.1, -0.05) is 19.9 Å². The molecule has 1 aromatic rings. The molecule has 0 aliphatic carbocycles. The lowest BCUT2D eigenvalue weighted by Gasteiger charge is -2.28. The maximum atomic E-state index is 13.5. The van der Waals surface area contributed by atoms with Gasteiger partial charge >= 0.3 is 0 Å². The maximum absolute atomic E-state index is 13.5. The van der Waals surface area contributed by atoms with Crippen LogP contribution in [0, 0.1) is 18.7 Å². The third-order valence-electron chi connectivity index (χ3n) is 4.89. The average molecular weight is 412 g/mol. The Balaban J connectivity index is 2.32. The van der Waals surface area contributed by atoms with Crippen molar-refractivity contribution in [1.82, 2.24) is 9.62 Å². The summed E-state index contributed by atoms with van der Waals surface area (Å²) in [5.74, 6) is -0.173. The van der Waals surface area contributed by atoms with Gasteiger partial charge in [0.25, 0.3) is 0 Å². The number of likely N-dealkylation sites (N-methyl/N-ethyl adjacent to an activating group) is 1. The number of anilines is 1. The van der Waals surface area contributed by atoms with Crippen LogP contribution in [0.5, 0.6) is 0 Å². The number of aryl methyl sites for hydroxylation is 1. The van der Waals surface area contributed by atoms with Gasteiger partial charge in [-0.2, -0.15) is 0 Å². The van der Waals surface area contributed by atoms with E-state index in [1.54, 1.807) is 31.0 Å². The topological polar surface area (TPSA) is 81.7 Å². The minimum absolute atomic E-state index is 0.141. The molecule has 1 aromatic carbocycles. The van der Waals surface area contributed by atoms with Crippen LogP contribution in [0.1, 0.15) is 39.2 Å². The Hall–Kier alpha value is -1.90. The first-order chi connectivity index (χ1) is 13.0. The Bertz CT molecular complexity index is 865. The van der Waals surface area contributed by atoms with Gasteiger partial charge in [0.05, 0.1) is 10.6 Å². The smallest absolute Gasteiger partial charge is 0.238 e. The number of aliphatic hydroxyl groups excluding tert-OH is 1. The molecule has 28 heavy (non-hydrogen) atoms. The zero-order chi connectivity index (χ0) is 21.1. The van der Waals surface area contributed by atoms with Gasteiger partial charge in [-0.05, 0) is 56.4 Å². The van der Waals surface area contributed by atoms with Crippen molar-refractivity contribution in [3.05, 3.63) is 52.5 Å². The zero-order valence-electron chi connectivity index (χ0n) is 17.0. The largest absolute Gasteiger partial charge is 0.368 e. The molecule has 0 saturated carbocycles. The second-order valence-electron chi connectivity index (χ2n) is 7.54. The number of allylic oxidation sites excluding steroid dienone is 2. The van der Waals surface area contributed by atoms with Crippen molar-refractivity contribution >= 4 is 15.7 Å². The molecule has 3 N–H and O–H groups in total. The van der Waals surface area contributed by atoms with Crippen LogP contribution in [0.3, 0.4) is 0 Å². The van der Waals surface area contributed by atoms with E-state index < -0.39 is 16.3 Å². The first-order valence-corrected chi connectivity index (χ1v) is 10.8. The van der Waals surface area contributed by atoms with Crippen LogP contribution in [0.2, 0.25) is 0 Å². The number of hydrogen-bond acceptors (Lipinski definition) is 5. The summed E-state index contributed by atoms with van der Waals surface area (Å²) >= 11 is 0. The van der Waals surface area contributed by atoms with Crippen LogP contribution in [-0.2, 0) is 10.0 Å². The van der Waals surface area contributed by atoms with Crippen molar-refractivity contribution in [1.29, 1.82) is 0 Å². The predicted molar refractivity (Wildman–Crippen MR) is 110 cm³/mol. The molecule has 6 nitrogen and oxygen atoms in total. The lowest BCUT2D eigenvalue weighted by Crippen LogP contribution is -2.39. The molecule has 2 atom stereocenters. The Kier molecular flexibility index (Phi) is 7.25. The third-order valence-corrected chi connectivity index (χ3v) is 6.46. The van der Waals surface area contributed by atoms with Crippen LogP contribution in [-0.4, -0.2) is 37.7 Å². The summed E-state index contributed by atoms with van der Waals surface area (Å²) in [6.45, 7) is 7.13. The lowest BCUT2D eigenvalue weighted by atomic mass is 10.00. The summed E-state index contributed by atoms with van der Waals surface area (Å²) in [4.78, 5) is 1.76. The fourth-order valence-corrected chi connectivity index (χ4v) is 4.33. The highest BCUT2D eigenvalue weighted by atomic mass is 32.2. The van der Waals surface area contributed by atoms with Crippen molar-refractivity contribution in [3.8, 4) is 0 Å². The van der Waals surface area contributed by atoms with Crippen molar-refractivity contribution in [3.63, 3.8) is 0 Å². The number of nitrogens with one attached hydrogen (secondary N) is 2. The SMILES string of the molecule is C/C1=C\N(C)/C(C(O)Nc2ccc(F)c(C)c2)=C/CCC(C(C)C)NS1(=O)=O. The van der Waals surface area contributed by atoms with Crippen molar-refractivity contribution in [2.45, 2.75) is 52.8 Å². The first-order valence-electron chi connectivity index (χ1n) is 9.35. The van der Waals surface area contributed by atoms with E-state index in [9.17, 15) is 17.9 Å². The fraction of sp³-hybridized carbons (Fsp3) is 0.500. The molecule has 1 aliphatic rings. The monoisotopic (exact) mass is 411 g/mol. The van der Waals surface area contributed by atoms with E-state index in [0.717, 1.165) is 0 Å². The normalized spacial score (nSPS) is 25.4. The molecule has 0 radical (unpaired) electrons. The van der Waals surface area contributed by atoms with E-state index in [4.69, 9.17) is 0 Å². The number of sulfonamides is 1. The lowest BCUT2D eigenvalue weighted by molar-refractivity contribution is 0.210. The molecule has 1 heterocycles. The van der Waals surface area contributed by atoms with Gasteiger partial charge in [0.15, 0.2) is 6.23 Å². The number of aliphatic hydroxyl groups is 1. The molecular formula is C20H30FN3O3S. The van der Waals surface area contributed by atoms with Gasteiger partial charge in [0, 0.05) is 25.0 Å². The van der Waals surface area contributed by atoms with Gasteiger partial charge < -0.3 is 15.3 Å². The van der Waals surface area contributed by atoms with Crippen molar-refractivity contribution in [2.75, 3.05) is 12.4 Å². The molecule has 2 unspecified atom stereocenters. The molecule has 8 heteroatoms. The Labute approximate surface area is 167 Å². The quantitative estimate of drug-likeness (QED) is 0.663. The number of benzene rings is 1. The second kappa shape index (κ2) is 9.07. The van der Waals surface area contributed by atoms with Gasteiger partial charge in [-0.15, -0.1) is 0 Å². The molecule has 0 spiro atoms. The van der Waals surface area contributed by atoms with E-state index >= 15 is 0 Å². The zero-order valence-corrected chi connectivity index (χ0v) is 17.8. The van der Waals surface area contributed by atoms with Crippen LogP contribution in [0.25, 0.3) is 0 Å². The summed E-state index contributed by atoms with van der Waals surface area (Å²) < 4.78 is 41.4. The molecule has 2 rings (SSSR count). The van der Waals surface area contributed by atoms with E-state index in [1.165, 1.54) is 19.2 Å². The van der Waals surface area contributed by atoms with Crippen molar-refractivity contribution in [2.24, 2.45) is 5.92 Å². The van der Waals surface area contributed by atoms with Gasteiger partial charge in [-0.3, -0.25) is 0 Å². The first kappa shape index (κ1) is 22.4. The number of hydrogen-bond donors (Lipinski definition) is 3. The molecular weight excluding hydrogens is 381 g/mol. The third kappa shape index (κ3) is 5.56. The minimum Gasteiger partial charge on any atom is -0.368 e. The van der Waals surface area contributed by atoms with Crippen LogP contribution in [0.4, 0.5) is 10.1 Å². The summed E-state index contributed by atoms with van der Waals surface area (Å²) in [6.07, 6.45) is 3.51. The van der Waals surface area contributed by atoms with Crippen LogP contribution >= 0.6 is 0 Å². The summed E-state index contributed by atoms with van der Waals surface area (Å²) in [5, 5.41) is 13.7. The van der Waals surface area contributed by atoms with E-state index in [0.29, 0.717) is 29.8 Å². The van der Waals surface area contributed by atoms with Gasteiger partial charge in [0.1, 0.15) is 5.82 Å². The highest BCUT2D eigenvalue weighted by Crippen LogP contribution is 2.22. The number of rotatable bonds is 4. The minimum atomic E-state index is -3.61. The predicted octanol–water partition coefficient (Wildman–Crippen LogP) is 3.28. The molecule has 156 valence electrons. The standard InChI is InChI=1S/C20H30FN3O3S/c1-13(2)18-7-6-8-19(24(5)12-15(4)28(26,27)23-18)20(25)22-16-9-10-17(21)14(3)11-16/h8-13,18,20,22-23,25H,6-7H2,1-5H3/b15-12+,19-8+. The van der Waals surface area contributed by atoms with Gasteiger partial charge in [-0.25, -0.2) is 17.5 Å². The summed E-state index contributed by atoms with van der Waals surface area (Å²) in [6, 6.07) is 4.31. The van der Waals surface area contributed by atoms with Crippen molar-refractivity contribution < 1.29 is 17.9 Å². The molecule has 0 aromatic heterocycles. The molecule has 0 saturated heterocycles. The Morgan fingerprint density at radius 3 is 2.61 bits per heavy atom. The maximum Gasteiger partial charge on any atom is 0.238 e. The summed E-state index contributed by atoms with van der Waals surface area (Å²) in [5.41, 5.74) is 1.58. The Morgan fingerprint density at radius 1 is 1.32 bits per heavy atom. The molecule has 0 fully saturated rings. The molecule has 0 amide bonds. The van der Waals surface area contributed by atoms with Crippen LogP contribution < -0.4 is 10.0 Å². The van der Waals surface area contributed by atoms with E-state index in [1.807, 2.05) is 19.9 Å². The highest BCUT2D eigenvalue weighted by molar-refractivity contribution is 7.93. The fourth-order valence-electron chi connectivity index (χ4n) is 3.06. The van der Waals surface area contributed by atoms with Gasteiger partial charge in [0.2, 0.25) is 10.0 Å². The van der Waals surface area contributed by atoms with E-state index in [2.05, 4.69) is 10.0 Å². The molecule has 1 aliphatic heterocycles.